The first kappa shape index (κ1) is 10.4. The lowest BCUT2D eigenvalue weighted by Gasteiger charge is -2.11. The van der Waals surface area contributed by atoms with Gasteiger partial charge in [-0.05, 0) is 12.5 Å². The number of rotatable bonds is 1. The Labute approximate surface area is 93.2 Å². The normalized spacial score (nSPS) is 10.3. The highest BCUT2D eigenvalue weighted by atomic mass is 16.3. The van der Waals surface area contributed by atoms with Gasteiger partial charge < -0.3 is 15.3 Å². The third-order valence-corrected chi connectivity index (χ3v) is 2.57. The quantitative estimate of drug-likeness (QED) is 0.507. The summed E-state index contributed by atoms with van der Waals surface area (Å²) in [6, 6.07) is 10.3. The average molecular weight is 216 g/mol. The number of phenols is 3. The van der Waals surface area contributed by atoms with Gasteiger partial charge in [-0.3, -0.25) is 0 Å². The molecule has 0 spiro atoms. The van der Waals surface area contributed by atoms with Crippen LogP contribution in [0.4, 0.5) is 0 Å². The molecule has 0 atom stereocenters. The molecule has 3 N–H and O–H groups in total. The monoisotopic (exact) mass is 216 g/mol. The first-order valence-electron chi connectivity index (χ1n) is 4.91. The predicted octanol–water partition coefficient (Wildman–Crippen LogP) is 2.78. The Morgan fingerprint density at radius 2 is 1.50 bits per heavy atom. The van der Waals surface area contributed by atoms with Gasteiger partial charge in [0, 0.05) is 17.2 Å². The topological polar surface area (TPSA) is 60.7 Å². The molecule has 0 saturated heterocycles. The van der Waals surface area contributed by atoms with E-state index < -0.39 is 0 Å². The van der Waals surface area contributed by atoms with E-state index in [1.54, 1.807) is 19.1 Å². The standard InChI is InChI=1S/C13H12O3/c1-8-10(14)7-11(15)13(16)12(8)9-5-3-2-4-6-9/h2-7,14-16H,1H3. The van der Waals surface area contributed by atoms with Crippen LogP contribution in [0.3, 0.4) is 0 Å². The van der Waals surface area contributed by atoms with E-state index >= 15 is 0 Å². The van der Waals surface area contributed by atoms with Gasteiger partial charge in [0.15, 0.2) is 11.5 Å². The van der Waals surface area contributed by atoms with Crippen LogP contribution >= 0.6 is 0 Å². The van der Waals surface area contributed by atoms with Crippen LogP contribution in [0.2, 0.25) is 0 Å². The molecule has 0 amide bonds. The van der Waals surface area contributed by atoms with Crippen molar-refractivity contribution in [2.75, 3.05) is 0 Å². The molecule has 2 aromatic carbocycles. The van der Waals surface area contributed by atoms with Crippen LogP contribution in [0.15, 0.2) is 36.4 Å². The van der Waals surface area contributed by atoms with Crippen molar-refractivity contribution in [3.63, 3.8) is 0 Å². The summed E-state index contributed by atoms with van der Waals surface area (Å²) in [6.45, 7) is 1.69. The highest BCUT2D eigenvalue weighted by Gasteiger charge is 2.15. The first-order valence-corrected chi connectivity index (χ1v) is 4.91. The van der Waals surface area contributed by atoms with Crippen molar-refractivity contribution in [3.8, 4) is 28.4 Å². The summed E-state index contributed by atoms with van der Waals surface area (Å²) in [5.41, 5.74) is 1.75. The fourth-order valence-corrected chi connectivity index (χ4v) is 1.70. The molecule has 0 aromatic heterocycles. The molecule has 2 rings (SSSR count). The van der Waals surface area contributed by atoms with Crippen LogP contribution in [-0.4, -0.2) is 15.3 Å². The second-order valence-electron chi connectivity index (χ2n) is 3.63. The molecular formula is C13H12O3. The molecule has 0 aliphatic heterocycles. The van der Waals surface area contributed by atoms with Crippen molar-refractivity contribution in [1.29, 1.82) is 0 Å². The van der Waals surface area contributed by atoms with E-state index in [0.29, 0.717) is 11.1 Å². The van der Waals surface area contributed by atoms with Crippen molar-refractivity contribution >= 4 is 0 Å². The van der Waals surface area contributed by atoms with Crippen molar-refractivity contribution in [1.82, 2.24) is 0 Å². The first-order chi connectivity index (χ1) is 7.61. The maximum absolute atomic E-state index is 9.80. The van der Waals surface area contributed by atoms with Crippen LogP contribution < -0.4 is 0 Å². The Morgan fingerprint density at radius 3 is 2.12 bits per heavy atom. The lowest BCUT2D eigenvalue weighted by molar-refractivity contribution is 0.397. The van der Waals surface area contributed by atoms with Crippen molar-refractivity contribution < 1.29 is 15.3 Å². The zero-order valence-electron chi connectivity index (χ0n) is 8.81. The van der Waals surface area contributed by atoms with E-state index in [0.717, 1.165) is 11.6 Å². The minimum absolute atomic E-state index is 0.0332. The Morgan fingerprint density at radius 1 is 0.875 bits per heavy atom. The van der Waals surface area contributed by atoms with E-state index in [-0.39, 0.29) is 17.2 Å². The van der Waals surface area contributed by atoms with Crippen LogP contribution in [-0.2, 0) is 0 Å². The second kappa shape index (κ2) is 3.77. The molecule has 2 aromatic rings. The van der Waals surface area contributed by atoms with E-state index in [1.165, 1.54) is 0 Å². The van der Waals surface area contributed by atoms with Gasteiger partial charge in [-0.2, -0.15) is 0 Å². The summed E-state index contributed by atoms with van der Waals surface area (Å²) < 4.78 is 0. The molecule has 16 heavy (non-hydrogen) atoms. The average Bonchev–Trinajstić information content (AvgIpc) is 2.28. The zero-order chi connectivity index (χ0) is 11.7. The molecule has 82 valence electrons. The lowest BCUT2D eigenvalue weighted by atomic mass is 9.98. The van der Waals surface area contributed by atoms with E-state index in [9.17, 15) is 15.3 Å². The molecule has 3 heteroatoms. The Bertz CT molecular complexity index is 492. The molecule has 0 aliphatic carbocycles. The smallest absolute Gasteiger partial charge is 0.165 e. The number of aromatic hydroxyl groups is 3. The number of phenolic OH excluding ortho intramolecular Hbond substituents is 3. The van der Waals surface area contributed by atoms with Crippen LogP contribution in [0, 0.1) is 6.92 Å². The summed E-state index contributed by atoms with van der Waals surface area (Å²) >= 11 is 0. The third kappa shape index (κ3) is 1.56. The maximum atomic E-state index is 9.80. The van der Waals surface area contributed by atoms with Gasteiger partial charge in [-0.1, -0.05) is 30.3 Å². The van der Waals surface area contributed by atoms with Gasteiger partial charge in [-0.15, -0.1) is 0 Å². The third-order valence-electron chi connectivity index (χ3n) is 2.57. The number of hydrogen-bond donors (Lipinski definition) is 3. The molecule has 0 saturated carbocycles. The molecule has 0 fully saturated rings. The summed E-state index contributed by atoms with van der Waals surface area (Å²) in [7, 11) is 0. The Hall–Kier alpha value is -2.16. The highest BCUT2D eigenvalue weighted by molar-refractivity contribution is 5.78. The van der Waals surface area contributed by atoms with E-state index in [1.807, 2.05) is 18.2 Å². The summed E-state index contributed by atoms with van der Waals surface area (Å²) in [4.78, 5) is 0. The van der Waals surface area contributed by atoms with Gasteiger partial charge in [0.25, 0.3) is 0 Å². The minimum Gasteiger partial charge on any atom is -0.508 e. The van der Waals surface area contributed by atoms with Crippen LogP contribution in [0.1, 0.15) is 5.56 Å². The minimum atomic E-state index is -0.318. The van der Waals surface area contributed by atoms with Gasteiger partial charge >= 0.3 is 0 Å². The Balaban J connectivity index is 2.74. The van der Waals surface area contributed by atoms with Crippen molar-refractivity contribution in [2.24, 2.45) is 0 Å². The van der Waals surface area contributed by atoms with Crippen LogP contribution in [0.5, 0.6) is 17.2 Å². The summed E-state index contributed by atoms with van der Waals surface area (Å²) in [5.74, 6) is -0.558. The van der Waals surface area contributed by atoms with Gasteiger partial charge in [0.05, 0.1) is 0 Å². The zero-order valence-corrected chi connectivity index (χ0v) is 8.81. The molecule has 0 unspecified atom stereocenters. The highest BCUT2D eigenvalue weighted by Crippen LogP contribution is 2.43. The molecular weight excluding hydrogens is 204 g/mol. The Kier molecular flexibility index (Phi) is 2.44. The molecule has 0 bridgehead atoms. The van der Waals surface area contributed by atoms with E-state index in [4.69, 9.17) is 0 Å². The summed E-state index contributed by atoms with van der Waals surface area (Å²) in [6.07, 6.45) is 0. The van der Waals surface area contributed by atoms with E-state index in [2.05, 4.69) is 0 Å². The lowest BCUT2D eigenvalue weighted by Crippen LogP contribution is -1.86. The largest absolute Gasteiger partial charge is 0.508 e. The van der Waals surface area contributed by atoms with Gasteiger partial charge in [-0.25, -0.2) is 0 Å². The number of benzene rings is 2. The fourth-order valence-electron chi connectivity index (χ4n) is 1.70. The second-order valence-corrected chi connectivity index (χ2v) is 3.63. The summed E-state index contributed by atoms with van der Waals surface area (Å²) in [5, 5.41) is 28.8. The molecule has 0 radical (unpaired) electrons. The van der Waals surface area contributed by atoms with Crippen molar-refractivity contribution in [3.05, 3.63) is 42.0 Å². The number of hydrogen-bond acceptors (Lipinski definition) is 3. The van der Waals surface area contributed by atoms with Gasteiger partial charge in [0.2, 0.25) is 0 Å². The van der Waals surface area contributed by atoms with Crippen molar-refractivity contribution in [2.45, 2.75) is 6.92 Å². The molecule has 3 nitrogen and oxygen atoms in total. The fraction of sp³-hybridized carbons (Fsp3) is 0.0769. The van der Waals surface area contributed by atoms with Gasteiger partial charge in [0.1, 0.15) is 5.75 Å². The molecule has 0 heterocycles. The molecule has 0 aliphatic rings. The SMILES string of the molecule is Cc1c(O)cc(O)c(O)c1-c1ccccc1. The van der Waals surface area contributed by atoms with Crippen LogP contribution in [0.25, 0.3) is 11.1 Å². The maximum Gasteiger partial charge on any atom is 0.165 e. The predicted molar refractivity (Wildman–Crippen MR) is 61.6 cm³/mol.